The highest BCUT2D eigenvalue weighted by molar-refractivity contribution is 5.92. The Morgan fingerprint density at radius 3 is 2.65 bits per heavy atom. The van der Waals surface area contributed by atoms with Crippen LogP contribution in [-0.4, -0.2) is 51.9 Å². The summed E-state index contributed by atoms with van der Waals surface area (Å²) in [5.41, 5.74) is 2.51. The molecule has 7 heteroatoms. The minimum Gasteiger partial charge on any atom is -0.368 e. The summed E-state index contributed by atoms with van der Waals surface area (Å²) in [7, 11) is 0. The van der Waals surface area contributed by atoms with Crippen molar-refractivity contribution < 1.29 is 4.79 Å². The lowest BCUT2D eigenvalue weighted by Gasteiger charge is -2.36. The number of fused-ring (bicyclic) bond motifs is 1. The highest BCUT2D eigenvalue weighted by atomic mass is 16.2. The van der Waals surface area contributed by atoms with Gasteiger partial charge in [-0.2, -0.15) is 0 Å². The van der Waals surface area contributed by atoms with Crippen LogP contribution in [0.3, 0.4) is 0 Å². The van der Waals surface area contributed by atoms with E-state index in [9.17, 15) is 9.59 Å². The number of benzene rings is 1. The largest absolute Gasteiger partial charge is 0.368 e. The molecule has 0 saturated carbocycles. The molecule has 7 nitrogen and oxygen atoms in total. The zero-order valence-electron chi connectivity index (χ0n) is 14.5. The number of carbonyl (C=O) groups excluding carboxylic acids is 1. The molecule has 1 aliphatic rings. The first kappa shape index (κ1) is 16.3. The molecule has 0 aliphatic carbocycles. The quantitative estimate of drug-likeness (QED) is 0.760. The fourth-order valence-corrected chi connectivity index (χ4v) is 3.31. The summed E-state index contributed by atoms with van der Waals surface area (Å²) in [4.78, 5) is 40.0. The highest BCUT2D eigenvalue weighted by Crippen LogP contribution is 2.20. The number of anilines is 1. The number of hydrogen-bond donors (Lipinski definition) is 1. The van der Waals surface area contributed by atoms with Gasteiger partial charge in [0, 0.05) is 44.3 Å². The first-order valence-corrected chi connectivity index (χ1v) is 8.57. The molecule has 0 unspecified atom stereocenters. The van der Waals surface area contributed by atoms with Gasteiger partial charge in [0.2, 0.25) is 0 Å². The minimum atomic E-state index is -0.287. The number of nitrogens with zero attached hydrogens (tertiary/aromatic N) is 4. The lowest BCUT2D eigenvalue weighted by Crippen LogP contribution is -2.49. The second kappa shape index (κ2) is 6.59. The Bertz CT molecular complexity index is 1020. The van der Waals surface area contributed by atoms with Gasteiger partial charge in [-0.05, 0) is 30.7 Å². The number of para-hydroxylation sites is 1. The van der Waals surface area contributed by atoms with Crippen molar-refractivity contribution in [3.8, 4) is 0 Å². The molecule has 1 amide bonds. The number of carbonyl (C=O) groups is 1. The van der Waals surface area contributed by atoms with Crippen molar-refractivity contribution in [1.82, 2.24) is 19.9 Å². The van der Waals surface area contributed by atoms with E-state index in [0.29, 0.717) is 24.0 Å². The van der Waals surface area contributed by atoms with Crippen LogP contribution < -0.4 is 10.5 Å². The fourth-order valence-electron chi connectivity index (χ4n) is 3.31. The molecule has 1 N–H and O–H groups in total. The molecule has 0 bridgehead atoms. The first-order chi connectivity index (χ1) is 12.6. The van der Waals surface area contributed by atoms with Crippen molar-refractivity contribution in [1.29, 1.82) is 0 Å². The molecular formula is C19H19N5O2. The summed E-state index contributed by atoms with van der Waals surface area (Å²) in [5.74, 6) is -0.138. The molecule has 1 fully saturated rings. The van der Waals surface area contributed by atoms with Gasteiger partial charge in [0.25, 0.3) is 11.5 Å². The van der Waals surface area contributed by atoms with Crippen LogP contribution in [0.1, 0.15) is 16.2 Å². The van der Waals surface area contributed by atoms with Crippen molar-refractivity contribution in [2.45, 2.75) is 6.92 Å². The molecule has 3 heterocycles. The number of piperazine rings is 1. The zero-order chi connectivity index (χ0) is 18.1. The first-order valence-electron chi connectivity index (χ1n) is 8.57. The lowest BCUT2D eigenvalue weighted by atomic mass is 10.2. The van der Waals surface area contributed by atoms with E-state index < -0.39 is 0 Å². The minimum absolute atomic E-state index is 0.0993. The van der Waals surface area contributed by atoms with Crippen LogP contribution in [0.25, 0.3) is 10.9 Å². The maximum atomic E-state index is 12.8. The molecular weight excluding hydrogens is 330 g/mol. The van der Waals surface area contributed by atoms with Crippen LogP contribution in [0.4, 0.5) is 5.69 Å². The van der Waals surface area contributed by atoms with Gasteiger partial charge in [0.1, 0.15) is 0 Å². The number of hydrogen-bond acceptors (Lipinski definition) is 5. The van der Waals surface area contributed by atoms with Gasteiger partial charge in [-0.3, -0.25) is 14.6 Å². The van der Waals surface area contributed by atoms with Crippen molar-refractivity contribution in [2.75, 3.05) is 31.1 Å². The van der Waals surface area contributed by atoms with Gasteiger partial charge in [0.05, 0.1) is 10.9 Å². The molecule has 26 heavy (non-hydrogen) atoms. The summed E-state index contributed by atoms with van der Waals surface area (Å²) < 4.78 is 0. The van der Waals surface area contributed by atoms with Crippen LogP contribution >= 0.6 is 0 Å². The maximum Gasteiger partial charge on any atom is 0.289 e. The molecule has 1 saturated heterocycles. The summed E-state index contributed by atoms with van der Waals surface area (Å²) in [6, 6.07) is 9.02. The predicted molar refractivity (Wildman–Crippen MR) is 99.5 cm³/mol. The third kappa shape index (κ3) is 2.92. The predicted octanol–water partition coefficient (Wildman–Crippen LogP) is 1.59. The van der Waals surface area contributed by atoms with Crippen LogP contribution in [0.5, 0.6) is 0 Å². The molecule has 2 aromatic heterocycles. The second-order valence-electron chi connectivity index (χ2n) is 6.37. The van der Waals surface area contributed by atoms with Gasteiger partial charge in [-0.1, -0.05) is 12.1 Å². The number of aromatic amines is 1. The standard InChI is InChI=1S/C19H19N5O2/c1-13-12-20-7-6-16(13)23-8-10-24(11-9-23)19(26)17-21-15-5-3-2-4-14(15)18(25)22-17/h2-7,12H,8-11H2,1H3,(H,21,22,25). The third-order valence-electron chi connectivity index (χ3n) is 4.71. The Hall–Kier alpha value is -3.22. The zero-order valence-corrected chi connectivity index (χ0v) is 14.5. The SMILES string of the molecule is Cc1cnccc1N1CCN(C(=O)c2nc3ccccc3c(=O)[nH]2)CC1. The monoisotopic (exact) mass is 349 g/mol. The van der Waals surface area contributed by atoms with E-state index in [1.165, 1.54) is 0 Å². The number of amides is 1. The molecule has 0 atom stereocenters. The van der Waals surface area contributed by atoms with Crippen LogP contribution in [0.15, 0.2) is 47.5 Å². The summed E-state index contributed by atoms with van der Waals surface area (Å²) in [5, 5.41) is 0.488. The highest BCUT2D eigenvalue weighted by Gasteiger charge is 2.24. The van der Waals surface area contributed by atoms with Gasteiger partial charge >= 0.3 is 0 Å². The molecule has 0 spiro atoms. The Morgan fingerprint density at radius 2 is 1.88 bits per heavy atom. The van der Waals surface area contributed by atoms with Crippen molar-refractivity contribution in [3.05, 3.63) is 64.5 Å². The molecule has 1 aromatic carbocycles. The number of nitrogens with one attached hydrogen (secondary N) is 1. The Morgan fingerprint density at radius 1 is 1.12 bits per heavy atom. The number of aryl methyl sites for hydroxylation is 1. The van der Waals surface area contributed by atoms with Crippen molar-refractivity contribution >= 4 is 22.5 Å². The van der Waals surface area contributed by atoms with Gasteiger partial charge < -0.3 is 14.8 Å². The van der Waals surface area contributed by atoms with Gasteiger partial charge in [-0.25, -0.2) is 4.98 Å². The molecule has 4 rings (SSSR count). The number of rotatable bonds is 2. The smallest absolute Gasteiger partial charge is 0.289 e. The number of H-pyrrole nitrogens is 1. The van der Waals surface area contributed by atoms with Crippen LogP contribution in [-0.2, 0) is 0 Å². The van der Waals surface area contributed by atoms with E-state index >= 15 is 0 Å². The Kier molecular flexibility index (Phi) is 4.12. The summed E-state index contributed by atoms with van der Waals surface area (Å²) in [6.45, 7) is 4.65. The Balaban J connectivity index is 1.52. The van der Waals surface area contributed by atoms with E-state index in [2.05, 4.69) is 19.9 Å². The fraction of sp³-hybridized carbons (Fsp3) is 0.263. The average Bonchev–Trinajstić information content (AvgIpc) is 2.68. The second-order valence-corrected chi connectivity index (χ2v) is 6.37. The normalized spacial score (nSPS) is 14.7. The lowest BCUT2D eigenvalue weighted by molar-refractivity contribution is 0.0734. The van der Waals surface area contributed by atoms with Crippen molar-refractivity contribution in [2.24, 2.45) is 0 Å². The molecule has 0 radical (unpaired) electrons. The summed E-state index contributed by atoms with van der Waals surface area (Å²) >= 11 is 0. The van der Waals surface area contributed by atoms with Crippen LogP contribution in [0, 0.1) is 6.92 Å². The average molecular weight is 349 g/mol. The van der Waals surface area contributed by atoms with E-state index in [-0.39, 0.29) is 17.3 Å². The van der Waals surface area contributed by atoms with Crippen LogP contribution in [0.2, 0.25) is 0 Å². The number of pyridine rings is 1. The van der Waals surface area contributed by atoms with Gasteiger partial charge in [-0.15, -0.1) is 0 Å². The molecule has 1 aliphatic heterocycles. The van der Waals surface area contributed by atoms with E-state index in [1.807, 2.05) is 19.2 Å². The summed E-state index contributed by atoms with van der Waals surface area (Å²) in [6.07, 6.45) is 3.63. The Labute approximate surface area is 150 Å². The molecule has 132 valence electrons. The molecule has 3 aromatic rings. The third-order valence-corrected chi connectivity index (χ3v) is 4.71. The van der Waals surface area contributed by atoms with E-state index in [4.69, 9.17) is 0 Å². The van der Waals surface area contributed by atoms with Crippen molar-refractivity contribution in [3.63, 3.8) is 0 Å². The van der Waals surface area contributed by atoms with Gasteiger partial charge in [0.15, 0.2) is 5.82 Å². The number of aromatic nitrogens is 3. The van der Waals surface area contributed by atoms with E-state index in [0.717, 1.165) is 24.3 Å². The maximum absolute atomic E-state index is 12.8. The van der Waals surface area contributed by atoms with E-state index in [1.54, 1.807) is 35.4 Å². The topological polar surface area (TPSA) is 82.2 Å².